The van der Waals surface area contributed by atoms with Crippen molar-refractivity contribution in [2.24, 2.45) is 0 Å². The van der Waals surface area contributed by atoms with E-state index in [4.69, 9.17) is 16.3 Å². The van der Waals surface area contributed by atoms with Gasteiger partial charge in [0.25, 0.3) is 0 Å². The van der Waals surface area contributed by atoms with Crippen LogP contribution in [-0.4, -0.2) is 31.1 Å². The predicted octanol–water partition coefficient (Wildman–Crippen LogP) is 4.40. The van der Waals surface area contributed by atoms with Gasteiger partial charge < -0.3 is 9.64 Å². The van der Waals surface area contributed by atoms with Crippen LogP contribution >= 0.6 is 11.6 Å². The van der Waals surface area contributed by atoms with Crippen LogP contribution in [0.5, 0.6) is 5.75 Å². The van der Waals surface area contributed by atoms with Gasteiger partial charge in [-0.1, -0.05) is 41.9 Å². The Hall–Kier alpha value is -1.51. The molecule has 1 heterocycles. The maximum absolute atomic E-state index is 6.22. The van der Waals surface area contributed by atoms with Gasteiger partial charge >= 0.3 is 0 Å². The van der Waals surface area contributed by atoms with Crippen LogP contribution in [0.1, 0.15) is 24.0 Å². The van der Waals surface area contributed by atoms with Crippen molar-refractivity contribution >= 4 is 11.6 Å². The highest BCUT2D eigenvalue weighted by atomic mass is 35.5. The van der Waals surface area contributed by atoms with E-state index in [1.165, 1.54) is 5.56 Å². The summed E-state index contributed by atoms with van der Waals surface area (Å²) < 4.78 is 6.08. The minimum Gasteiger partial charge on any atom is -0.490 e. The lowest BCUT2D eigenvalue weighted by atomic mass is 10.0. The first kappa shape index (κ1) is 15.4. The van der Waals surface area contributed by atoms with E-state index in [0.717, 1.165) is 48.7 Å². The van der Waals surface area contributed by atoms with Crippen molar-refractivity contribution in [3.8, 4) is 5.75 Å². The SMILES string of the molecule is CN1CCC(Oc2ccc(Cc3ccccc3Cl)cc2)CC1. The topological polar surface area (TPSA) is 12.5 Å². The largest absolute Gasteiger partial charge is 0.490 e. The van der Waals surface area contributed by atoms with Gasteiger partial charge in [-0.15, -0.1) is 0 Å². The second-order valence-electron chi connectivity index (χ2n) is 6.03. The molecule has 2 aromatic carbocycles. The maximum atomic E-state index is 6.22. The van der Waals surface area contributed by atoms with Crippen LogP contribution in [0.4, 0.5) is 0 Å². The number of ether oxygens (including phenoxy) is 1. The third kappa shape index (κ3) is 4.02. The number of likely N-dealkylation sites (tertiary alicyclic amines) is 1. The molecule has 0 atom stereocenters. The fraction of sp³-hybridized carbons (Fsp3) is 0.368. The Morgan fingerprint density at radius 3 is 2.41 bits per heavy atom. The van der Waals surface area contributed by atoms with E-state index in [2.05, 4.69) is 42.3 Å². The van der Waals surface area contributed by atoms with E-state index in [1.54, 1.807) is 0 Å². The first-order valence-corrected chi connectivity index (χ1v) is 8.26. The molecule has 0 amide bonds. The lowest BCUT2D eigenvalue weighted by Gasteiger charge is -2.29. The molecule has 0 spiro atoms. The molecule has 22 heavy (non-hydrogen) atoms. The summed E-state index contributed by atoms with van der Waals surface area (Å²) in [5.41, 5.74) is 2.41. The molecule has 2 aromatic rings. The average molecular weight is 316 g/mol. The molecule has 2 nitrogen and oxygen atoms in total. The van der Waals surface area contributed by atoms with E-state index < -0.39 is 0 Å². The molecule has 0 saturated carbocycles. The molecule has 1 saturated heterocycles. The van der Waals surface area contributed by atoms with E-state index in [-0.39, 0.29) is 0 Å². The van der Waals surface area contributed by atoms with Gasteiger partial charge in [-0.2, -0.15) is 0 Å². The highest BCUT2D eigenvalue weighted by molar-refractivity contribution is 6.31. The second-order valence-corrected chi connectivity index (χ2v) is 6.44. The molecule has 0 aromatic heterocycles. The standard InChI is InChI=1S/C19H22ClNO/c1-21-12-10-18(11-13-21)22-17-8-6-15(7-9-17)14-16-4-2-3-5-19(16)20/h2-9,18H,10-14H2,1H3. The Balaban J connectivity index is 1.59. The highest BCUT2D eigenvalue weighted by Gasteiger charge is 2.17. The first-order valence-electron chi connectivity index (χ1n) is 7.88. The molecular formula is C19H22ClNO. The summed E-state index contributed by atoms with van der Waals surface area (Å²) in [7, 11) is 2.17. The van der Waals surface area contributed by atoms with Crippen LogP contribution in [0.15, 0.2) is 48.5 Å². The Bertz CT molecular complexity index is 603. The number of hydrogen-bond acceptors (Lipinski definition) is 2. The summed E-state index contributed by atoms with van der Waals surface area (Å²) in [4.78, 5) is 2.35. The number of nitrogens with zero attached hydrogens (tertiary/aromatic N) is 1. The van der Waals surface area contributed by atoms with Crippen molar-refractivity contribution < 1.29 is 4.74 Å². The van der Waals surface area contributed by atoms with Crippen LogP contribution in [0, 0.1) is 0 Å². The summed E-state index contributed by atoms with van der Waals surface area (Å²) in [6.45, 7) is 2.24. The zero-order chi connectivity index (χ0) is 15.4. The van der Waals surface area contributed by atoms with Crippen molar-refractivity contribution in [1.82, 2.24) is 4.90 Å². The van der Waals surface area contributed by atoms with Crippen LogP contribution < -0.4 is 4.74 Å². The molecule has 116 valence electrons. The zero-order valence-corrected chi connectivity index (χ0v) is 13.7. The Kier molecular flexibility index (Phi) is 5.01. The maximum Gasteiger partial charge on any atom is 0.119 e. The van der Waals surface area contributed by atoms with Gasteiger partial charge in [0.2, 0.25) is 0 Å². The zero-order valence-electron chi connectivity index (χ0n) is 13.0. The number of benzene rings is 2. The van der Waals surface area contributed by atoms with Gasteiger partial charge in [-0.25, -0.2) is 0 Å². The number of piperidine rings is 1. The van der Waals surface area contributed by atoms with E-state index >= 15 is 0 Å². The summed E-state index contributed by atoms with van der Waals surface area (Å²) in [5, 5.41) is 0.828. The van der Waals surface area contributed by atoms with Crippen molar-refractivity contribution in [3.05, 3.63) is 64.7 Å². The van der Waals surface area contributed by atoms with Gasteiger partial charge in [0.05, 0.1) is 0 Å². The summed E-state index contributed by atoms with van der Waals surface area (Å²) in [6, 6.07) is 16.4. The van der Waals surface area contributed by atoms with Gasteiger partial charge in [-0.05, 0) is 55.6 Å². The molecule has 3 heteroatoms. The molecule has 1 aliphatic rings. The summed E-state index contributed by atoms with van der Waals surface area (Å²) >= 11 is 6.22. The molecule has 1 fully saturated rings. The smallest absolute Gasteiger partial charge is 0.119 e. The Labute approximate surface area is 137 Å². The number of hydrogen-bond donors (Lipinski definition) is 0. The number of halogens is 1. The molecule has 1 aliphatic heterocycles. The van der Waals surface area contributed by atoms with Crippen molar-refractivity contribution in [3.63, 3.8) is 0 Å². The molecule has 0 unspecified atom stereocenters. The molecule has 0 N–H and O–H groups in total. The minimum absolute atomic E-state index is 0.352. The number of rotatable bonds is 4. The minimum atomic E-state index is 0.352. The van der Waals surface area contributed by atoms with Crippen LogP contribution in [0.2, 0.25) is 5.02 Å². The normalized spacial score (nSPS) is 16.6. The fourth-order valence-corrected chi connectivity index (χ4v) is 3.05. The van der Waals surface area contributed by atoms with Crippen molar-refractivity contribution in [2.75, 3.05) is 20.1 Å². The first-order chi connectivity index (χ1) is 10.7. The quantitative estimate of drug-likeness (QED) is 0.829. The van der Waals surface area contributed by atoms with Crippen LogP contribution in [0.25, 0.3) is 0 Å². The predicted molar refractivity (Wildman–Crippen MR) is 91.8 cm³/mol. The van der Waals surface area contributed by atoms with Crippen molar-refractivity contribution in [1.29, 1.82) is 0 Å². The molecule has 0 radical (unpaired) electrons. The van der Waals surface area contributed by atoms with Crippen LogP contribution in [0.3, 0.4) is 0 Å². The van der Waals surface area contributed by atoms with Gasteiger partial charge in [-0.3, -0.25) is 0 Å². The molecular weight excluding hydrogens is 294 g/mol. The lowest BCUT2D eigenvalue weighted by molar-refractivity contribution is 0.114. The highest BCUT2D eigenvalue weighted by Crippen LogP contribution is 2.22. The van der Waals surface area contributed by atoms with Crippen LogP contribution in [-0.2, 0) is 6.42 Å². The van der Waals surface area contributed by atoms with Gasteiger partial charge in [0, 0.05) is 18.1 Å². The molecule has 3 rings (SSSR count). The average Bonchev–Trinajstić information content (AvgIpc) is 2.54. The van der Waals surface area contributed by atoms with Gasteiger partial charge in [0.15, 0.2) is 0 Å². The lowest BCUT2D eigenvalue weighted by Crippen LogP contribution is -2.35. The second kappa shape index (κ2) is 7.17. The van der Waals surface area contributed by atoms with Gasteiger partial charge in [0.1, 0.15) is 11.9 Å². The Morgan fingerprint density at radius 2 is 1.73 bits per heavy atom. The fourth-order valence-electron chi connectivity index (χ4n) is 2.84. The van der Waals surface area contributed by atoms with Crippen molar-refractivity contribution in [2.45, 2.75) is 25.4 Å². The monoisotopic (exact) mass is 315 g/mol. The summed E-state index contributed by atoms with van der Waals surface area (Å²) in [5.74, 6) is 0.970. The molecule has 0 bridgehead atoms. The van der Waals surface area contributed by atoms with E-state index in [0.29, 0.717) is 6.10 Å². The summed E-state index contributed by atoms with van der Waals surface area (Å²) in [6.07, 6.45) is 3.43. The third-order valence-corrected chi connectivity index (χ3v) is 4.61. The Morgan fingerprint density at radius 1 is 1.05 bits per heavy atom. The van der Waals surface area contributed by atoms with E-state index in [1.807, 2.05) is 18.2 Å². The van der Waals surface area contributed by atoms with E-state index in [9.17, 15) is 0 Å². The third-order valence-electron chi connectivity index (χ3n) is 4.24. The molecule has 0 aliphatic carbocycles.